The molecule has 0 bridgehead atoms. The predicted molar refractivity (Wildman–Crippen MR) is 92.4 cm³/mol. The highest BCUT2D eigenvalue weighted by molar-refractivity contribution is 5.95. The van der Waals surface area contributed by atoms with Gasteiger partial charge in [-0.05, 0) is 56.2 Å². The van der Waals surface area contributed by atoms with Gasteiger partial charge in [0.2, 0.25) is 0 Å². The average molecular weight is 313 g/mol. The molecule has 122 valence electrons. The molecule has 23 heavy (non-hydrogen) atoms. The maximum Gasteiger partial charge on any atom is 0.339 e. The molecule has 4 heteroatoms. The van der Waals surface area contributed by atoms with Gasteiger partial charge < -0.3 is 14.8 Å². The molecule has 0 spiro atoms. The van der Waals surface area contributed by atoms with Crippen molar-refractivity contribution in [2.24, 2.45) is 0 Å². The lowest BCUT2D eigenvalue weighted by molar-refractivity contribution is 0.0601. The summed E-state index contributed by atoms with van der Waals surface area (Å²) in [7, 11) is 1.39. The number of carbonyl (C=O) groups excluding carboxylic acids is 1. The molecule has 0 radical (unpaired) electrons. The van der Waals surface area contributed by atoms with E-state index in [1.165, 1.54) is 18.2 Å². The van der Waals surface area contributed by atoms with E-state index in [9.17, 15) is 4.79 Å². The Morgan fingerprint density at radius 3 is 2.35 bits per heavy atom. The Kier molecular flexibility index (Phi) is 5.63. The first-order valence-corrected chi connectivity index (χ1v) is 7.63. The lowest BCUT2D eigenvalue weighted by Gasteiger charge is -2.13. The third-order valence-electron chi connectivity index (χ3n) is 3.46. The zero-order valence-electron chi connectivity index (χ0n) is 14.1. The molecule has 0 amide bonds. The van der Waals surface area contributed by atoms with Gasteiger partial charge in [-0.3, -0.25) is 0 Å². The van der Waals surface area contributed by atoms with Crippen LogP contribution in [0, 0.1) is 20.8 Å². The van der Waals surface area contributed by atoms with Gasteiger partial charge in [0.05, 0.1) is 12.7 Å². The van der Waals surface area contributed by atoms with Gasteiger partial charge in [0.1, 0.15) is 12.4 Å². The average Bonchev–Trinajstić information content (AvgIpc) is 2.51. The Labute approximate surface area is 137 Å². The number of ether oxygens (including phenoxy) is 2. The molecular formula is C19H23NO3. The molecule has 0 saturated carbocycles. The van der Waals surface area contributed by atoms with Gasteiger partial charge in [-0.1, -0.05) is 17.7 Å². The molecule has 0 fully saturated rings. The number of methoxy groups -OCH3 is 1. The molecule has 1 N–H and O–H groups in total. The van der Waals surface area contributed by atoms with Crippen LogP contribution in [0.2, 0.25) is 0 Å². The second-order valence-electron chi connectivity index (χ2n) is 5.64. The fourth-order valence-corrected chi connectivity index (χ4v) is 2.46. The van der Waals surface area contributed by atoms with Gasteiger partial charge in [-0.2, -0.15) is 0 Å². The maximum absolute atomic E-state index is 11.8. The molecule has 0 aliphatic rings. The number of hydrogen-bond donors (Lipinski definition) is 1. The molecule has 4 nitrogen and oxygen atoms in total. The SMILES string of the molecule is COC(=O)c1cc(C)ccc1NCCOc1cc(C)cc(C)c1. The van der Waals surface area contributed by atoms with E-state index in [0.29, 0.717) is 18.7 Å². The van der Waals surface area contributed by atoms with E-state index in [0.717, 1.165) is 17.0 Å². The zero-order chi connectivity index (χ0) is 16.8. The van der Waals surface area contributed by atoms with Crippen molar-refractivity contribution in [2.45, 2.75) is 20.8 Å². The van der Waals surface area contributed by atoms with E-state index in [1.54, 1.807) is 0 Å². The first kappa shape index (κ1) is 16.9. The summed E-state index contributed by atoms with van der Waals surface area (Å²) in [6, 6.07) is 11.8. The summed E-state index contributed by atoms with van der Waals surface area (Å²) >= 11 is 0. The molecule has 2 rings (SSSR count). The van der Waals surface area contributed by atoms with Crippen LogP contribution < -0.4 is 10.1 Å². The summed E-state index contributed by atoms with van der Waals surface area (Å²) < 4.78 is 10.6. The van der Waals surface area contributed by atoms with Crippen molar-refractivity contribution >= 4 is 11.7 Å². The van der Waals surface area contributed by atoms with Crippen molar-refractivity contribution in [3.05, 3.63) is 58.7 Å². The van der Waals surface area contributed by atoms with Crippen molar-refractivity contribution < 1.29 is 14.3 Å². The smallest absolute Gasteiger partial charge is 0.339 e. The number of rotatable bonds is 6. The minimum absolute atomic E-state index is 0.341. The summed E-state index contributed by atoms with van der Waals surface area (Å²) in [5.74, 6) is 0.521. The van der Waals surface area contributed by atoms with Crippen LogP contribution in [0.4, 0.5) is 5.69 Å². The highest BCUT2D eigenvalue weighted by Gasteiger charge is 2.11. The first-order valence-electron chi connectivity index (χ1n) is 7.63. The van der Waals surface area contributed by atoms with Crippen LogP contribution in [-0.4, -0.2) is 26.2 Å². The van der Waals surface area contributed by atoms with Gasteiger partial charge in [-0.25, -0.2) is 4.79 Å². The van der Waals surface area contributed by atoms with Gasteiger partial charge in [0, 0.05) is 12.2 Å². The number of nitrogens with one attached hydrogen (secondary N) is 1. The zero-order valence-corrected chi connectivity index (χ0v) is 14.1. The Balaban J connectivity index is 1.95. The van der Waals surface area contributed by atoms with Crippen molar-refractivity contribution in [2.75, 3.05) is 25.6 Å². The second-order valence-corrected chi connectivity index (χ2v) is 5.64. The van der Waals surface area contributed by atoms with Gasteiger partial charge >= 0.3 is 5.97 Å². The number of hydrogen-bond acceptors (Lipinski definition) is 4. The molecule has 0 unspecified atom stereocenters. The van der Waals surface area contributed by atoms with Gasteiger partial charge in [0.25, 0.3) is 0 Å². The molecule has 2 aromatic rings. The van der Waals surface area contributed by atoms with Crippen molar-refractivity contribution in [1.82, 2.24) is 0 Å². The minimum atomic E-state index is -0.341. The fraction of sp³-hybridized carbons (Fsp3) is 0.316. The monoisotopic (exact) mass is 313 g/mol. The summed E-state index contributed by atoms with van der Waals surface area (Å²) in [5.41, 5.74) is 4.67. The predicted octanol–water partition coefficient (Wildman–Crippen LogP) is 3.89. The Morgan fingerprint density at radius 2 is 1.70 bits per heavy atom. The quantitative estimate of drug-likeness (QED) is 0.649. The normalized spacial score (nSPS) is 10.3. The van der Waals surface area contributed by atoms with Crippen LogP contribution >= 0.6 is 0 Å². The second kappa shape index (κ2) is 7.68. The lowest BCUT2D eigenvalue weighted by atomic mass is 10.1. The lowest BCUT2D eigenvalue weighted by Crippen LogP contribution is -2.14. The minimum Gasteiger partial charge on any atom is -0.492 e. The van der Waals surface area contributed by atoms with Crippen LogP contribution in [-0.2, 0) is 4.74 Å². The van der Waals surface area contributed by atoms with Gasteiger partial charge in [0.15, 0.2) is 0 Å². The number of aryl methyl sites for hydroxylation is 3. The maximum atomic E-state index is 11.8. The Bertz CT molecular complexity index is 675. The van der Waals surface area contributed by atoms with E-state index in [-0.39, 0.29) is 5.97 Å². The molecule has 0 heterocycles. The highest BCUT2D eigenvalue weighted by Crippen LogP contribution is 2.19. The van der Waals surface area contributed by atoms with E-state index in [4.69, 9.17) is 9.47 Å². The Morgan fingerprint density at radius 1 is 1.00 bits per heavy atom. The number of esters is 1. The largest absolute Gasteiger partial charge is 0.492 e. The van der Waals surface area contributed by atoms with Crippen LogP contribution in [0.3, 0.4) is 0 Å². The summed E-state index contributed by atoms with van der Waals surface area (Å²) in [5, 5.41) is 3.23. The molecule has 0 aliphatic carbocycles. The summed E-state index contributed by atoms with van der Waals surface area (Å²) in [4.78, 5) is 11.8. The van der Waals surface area contributed by atoms with Gasteiger partial charge in [-0.15, -0.1) is 0 Å². The van der Waals surface area contributed by atoms with Crippen LogP contribution in [0.25, 0.3) is 0 Å². The summed E-state index contributed by atoms with van der Waals surface area (Å²) in [6.45, 7) is 7.15. The fourth-order valence-electron chi connectivity index (χ4n) is 2.46. The first-order chi connectivity index (χ1) is 11.0. The Hall–Kier alpha value is -2.49. The van der Waals surface area contributed by atoms with Crippen molar-refractivity contribution in [3.63, 3.8) is 0 Å². The van der Waals surface area contributed by atoms with E-state index < -0.39 is 0 Å². The van der Waals surface area contributed by atoms with Crippen LogP contribution in [0.1, 0.15) is 27.0 Å². The molecule has 2 aromatic carbocycles. The van der Waals surface area contributed by atoms with E-state index in [2.05, 4.69) is 11.4 Å². The molecule has 0 aromatic heterocycles. The van der Waals surface area contributed by atoms with Crippen molar-refractivity contribution in [1.29, 1.82) is 0 Å². The topological polar surface area (TPSA) is 47.6 Å². The third kappa shape index (κ3) is 4.74. The number of anilines is 1. The highest BCUT2D eigenvalue weighted by atomic mass is 16.5. The van der Waals surface area contributed by atoms with Crippen LogP contribution in [0.5, 0.6) is 5.75 Å². The number of benzene rings is 2. The summed E-state index contributed by atoms with van der Waals surface area (Å²) in [6.07, 6.45) is 0. The number of carbonyl (C=O) groups is 1. The van der Waals surface area contributed by atoms with E-state index >= 15 is 0 Å². The molecule has 0 atom stereocenters. The van der Waals surface area contributed by atoms with Crippen LogP contribution in [0.15, 0.2) is 36.4 Å². The van der Waals surface area contributed by atoms with E-state index in [1.807, 2.05) is 51.1 Å². The molecule has 0 aliphatic heterocycles. The standard InChI is InChI=1S/C19H23NO3/c1-13-5-6-18(17(12-13)19(21)22-4)20-7-8-23-16-10-14(2)9-15(3)11-16/h5-6,9-12,20H,7-8H2,1-4H3. The third-order valence-corrected chi connectivity index (χ3v) is 3.46. The molecule has 0 saturated heterocycles. The van der Waals surface area contributed by atoms with Crippen molar-refractivity contribution in [3.8, 4) is 5.75 Å². The molecular weight excluding hydrogens is 290 g/mol.